The lowest BCUT2D eigenvalue weighted by atomic mass is 9.63. The third-order valence-electron chi connectivity index (χ3n) is 16.3. The van der Waals surface area contributed by atoms with Gasteiger partial charge in [0.05, 0.1) is 9.79 Å². The minimum absolute atomic E-state index is 0.0293. The zero-order valence-corrected chi connectivity index (χ0v) is 46.5. The molecule has 0 atom stereocenters. The van der Waals surface area contributed by atoms with Gasteiger partial charge in [0.25, 0.3) is 0 Å². The first-order valence-electron chi connectivity index (χ1n) is 26.1. The van der Waals surface area contributed by atoms with Gasteiger partial charge in [-0.1, -0.05) is 232 Å². The highest BCUT2D eigenvalue weighted by molar-refractivity contribution is 7.91. The topological polar surface area (TPSA) is 34.1 Å². The van der Waals surface area contributed by atoms with Crippen molar-refractivity contribution >= 4 is 9.84 Å². The molecule has 0 aliphatic heterocycles. The standard InChI is InChI=1S/C54H58O2S.C14H20/c1-51(2,3)35-17-25-41-45(29-35)46-30-36(52(4,5)6)18-26-42(46)49(41)33-13-21-39(22-14-33)57(55,56)40-23-15-34(16-24-40)50-43-27-19-37(53(7,8)9)31-47(43)48-32-38(54(10,11)12)20-28-44(48)50;1-13(2)9-10-14(3,4)12-8-6-5-7-11(12)13/h13-32,49-50H,1-12H3;5-8H,9-10H2,1-4H3. The molecule has 0 saturated heterocycles. The van der Waals surface area contributed by atoms with E-state index in [4.69, 9.17) is 0 Å². The van der Waals surface area contributed by atoms with Gasteiger partial charge in [-0.15, -0.1) is 0 Å². The molecule has 0 saturated carbocycles. The van der Waals surface area contributed by atoms with Gasteiger partial charge in [0.1, 0.15) is 0 Å². The van der Waals surface area contributed by atoms with Gasteiger partial charge in [-0.2, -0.15) is 0 Å². The highest BCUT2D eigenvalue weighted by Gasteiger charge is 2.37. The summed E-state index contributed by atoms with van der Waals surface area (Å²) in [5.41, 5.74) is 21.6. The third kappa shape index (κ3) is 9.31. The summed E-state index contributed by atoms with van der Waals surface area (Å²) in [5.74, 6) is 0.0652. The van der Waals surface area contributed by atoms with Crippen LogP contribution in [0.2, 0.25) is 0 Å². The van der Waals surface area contributed by atoms with E-state index in [1.54, 1.807) is 35.4 Å². The molecule has 3 heteroatoms. The van der Waals surface area contributed by atoms with Crippen LogP contribution in [-0.4, -0.2) is 8.42 Å². The van der Waals surface area contributed by atoms with Gasteiger partial charge in [-0.3, -0.25) is 0 Å². The van der Waals surface area contributed by atoms with E-state index in [2.05, 4.69) is 208 Å². The second-order valence-electron chi connectivity index (χ2n) is 26.5. The minimum Gasteiger partial charge on any atom is -0.219 e. The third-order valence-corrected chi connectivity index (χ3v) is 18.1. The van der Waals surface area contributed by atoms with Crippen molar-refractivity contribution in [2.75, 3.05) is 0 Å². The van der Waals surface area contributed by atoms with Crippen molar-refractivity contribution < 1.29 is 8.42 Å². The molecule has 7 aromatic carbocycles. The van der Waals surface area contributed by atoms with E-state index in [9.17, 15) is 8.42 Å². The van der Waals surface area contributed by atoms with Crippen LogP contribution in [0.3, 0.4) is 0 Å². The normalized spacial score (nSPS) is 16.3. The zero-order valence-electron chi connectivity index (χ0n) is 45.7. The molecule has 0 radical (unpaired) electrons. The Labute approximate surface area is 428 Å². The van der Waals surface area contributed by atoms with Gasteiger partial charge in [0, 0.05) is 11.8 Å². The van der Waals surface area contributed by atoms with Crippen molar-refractivity contribution in [1.29, 1.82) is 0 Å². The number of hydrogen-bond donors (Lipinski definition) is 0. The average Bonchev–Trinajstić information content (AvgIpc) is 3.81. The first-order chi connectivity index (χ1) is 33.0. The fourth-order valence-corrected chi connectivity index (χ4v) is 12.7. The van der Waals surface area contributed by atoms with Gasteiger partial charge in [-0.05, 0) is 159 Å². The molecule has 0 heterocycles. The number of rotatable bonds is 4. The number of hydrogen-bond acceptors (Lipinski definition) is 2. The molecule has 0 N–H and O–H groups in total. The Morgan fingerprint density at radius 3 is 0.859 bits per heavy atom. The first kappa shape index (κ1) is 50.4. The minimum atomic E-state index is -3.75. The Balaban J connectivity index is 0.000000382. The molecule has 0 amide bonds. The maximum Gasteiger partial charge on any atom is 0.206 e. The molecule has 0 bridgehead atoms. The molecule has 71 heavy (non-hydrogen) atoms. The molecule has 0 spiro atoms. The highest BCUT2D eigenvalue weighted by atomic mass is 32.2. The van der Waals surface area contributed by atoms with Crippen LogP contribution < -0.4 is 0 Å². The second kappa shape index (κ2) is 17.3. The van der Waals surface area contributed by atoms with E-state index in [1.165, 1.54) is 79.6 Å². The van der Waals surface area contributed by atoms with E-state index in [-0.39, 0.29) is 33.5 Å². The Morgan fingerprint density at radius 1 is 0.366 bits per heavy atom. The van der Waals surface area contributed by atoms with Crippen LogP contribution in [0.25, 0.3) is 22.3 Å². The van der Waals surface area contributed by atoms with Crippen LogP contribution in [0.4, 0.5) is 0 Å². The maximum absolute atomic E-state index is 14.2. The van der Waals surface area contributed by atoms with Crippen molar-refractivity contribution in [2.24, 2.45) is 0 Å². The molecule has 0 unspecified atom stereocenters. The molecule has 0 aromatic heterocycles. The Kier molecular flexibility index (Phi) is 12.3. The predicted molar refractivity (Wildman–Crippen MR) is 301 cm³/mol. The monoisotopic (exact) mass is 959 g/mol. The lowest BCUT2D eigenvalue weighted by molar-refractivity contribution is 0.332. The van der Waals surface area contributed by atoms with Crippen LogP contribution >= 0.6 is 0 Å². The smallest absolute Gasteiger partial charge is 0.206 e. The Morgan fingerprint density at radius 2 is 0.620 bits per heavy atom. The molecule has 3 aliphatic carbocycles. The zero-order chi connectivity index (χ0) is 51.4. The summed E-state index contributed by atoms with van der Waals surface area (Å²) >= 11 is 0. The number of fused-ring (bicyclic) bond motifs is 7. The van der Waals surface area contributed by atoms with E-state index >= 15 is 0 Å². The molecule has 2 nitrogen and oxygen atoms in total. The average molecular weight is 959 g/mol. The molecular formula is C68H78O2S. The van der Waals surface area contributed by atoms with Crippen LogP contribution in [-0.2, 0) is 42.3 Å². The van der Waals surface area contributed by atoms with Crippen molar-refractivity contribution in [3.63, 3.8) is 0 Å². The lowest BCUT2D eigenvalue weighted by Crippen LogP contribution is -2.33. The quantitative estimate of drug-likeness (QED) is 0.176. The molecule has 368 valence electrons. The Bertz CT molecular complexity index is 2940. The molecule has 10 rings (SSSR count). The summed E-state index contributed by atoms with van der Waals surface area (Å²) in [7, 11) is -3.75. The van der Waals surface area contributed by atoms with Crippen LogP contribution in [0.15, 0.2) is 155 Å². The Hall–Kier alpha value is -5.51. The summed E-state index contributed by atoms with van der Waals surface area (Å²) in [4.78, 5) is 0.620. The molecule has 0 fully saturated rings. The van der Waals surface area contributed by atoms with E-state index < -0.39 is 9.84 Å². The van der Waals surface area contributed by atoms with Crippen molar-refractivity contribution in [1.82, 2.24) is 0 Å². The number of benzene rings is 7. The largest absolute Gasteiger partial charge is 0.219 e. The fraction of sp³-hybridized carbons (Fsp3) is 0.382. The summed E-state index contributed by atoms with van der Waals surface area (Å²) in [6.07, 6.45) is 2.61. The summed E-state index contributed by atoms with van der Waals surface area (Å²) in [5, 5.41) is 0. The van der Waals surface area contributed by atoms with Crippen molar-refractivity contribution in [3.8, 4) is 22.3 Å². The van der Waals surface area contributed by atoms with Crippen molar-refractivity contribution in [2.45, 2.75) is 178 Å². The first-order valence-corrected chi connectivity index (χ1v) is 27.6. The summed E-state index contributed by atoms with van der Waals surface area (Å²) < 4.78 is 28.4. The van der Waals surface area contributed by atoms with E-state index in [0.29, 0.717) is 20.6 Å². The maximum atomic E-state index is 14.2. The lowest BCUT2D eigenvalue weighted by Gasteiger charge is -2.41. The van der Waals surface area contributed by atoms with Crippen LogP contribution in [0.1, 0.15) is 202 Å². The van der Waals surface area contributed by atoms with E-state index in [0.717, 1.165) is 11.1 Å². The van der Waals surface area contributed by atoms with E-state index in [1.807, 2.05) is 24.3 Å². The van der Waals surface area contributed by atoms with Gasteiger partial charge in [0.15, 0.2) is 0 Å². The van der Waals surface area contributed by atoms with Gasteiger partial charge in [-0.25, -0.2) is 8.42 Å². The fourth-order valence-electron chi connectivity index (χ4n) is 11.5. The second-order valence-corrected chi connectivity index (χ2v) is 28.5. The summed E-state index contributed by atoms with van der Waals surface area (Å²) in [6, 6.07) is 51.9. The number of sulfone groups is 1. The van der Waals surface area contributed by atoms with Gasteiger partial charge >= 0.3 is 0 Å². The van der Waals surface area contributed by atoms with Crippen molar-refractivity contribution in [3.05, 3.63) is 212 Å². The van der Waals surface area contributed by atoms with Gasteiger partial charge in [0.2, 0.25) is 9.84 Å². The molecule has 3 aliphatic rings. The van der Waals surface area contributed by atoms with Crippen LogP contribution in [0.5, 0.6) is 0 Å². The highest BCUT2D eigenvalue weighted by Crippen LogP contribution is 2.52. The SMILES string of the molecule is CC(C)(C)c1ccc2c(c1)-c1cc(C(C)(C)C)ccc1C2c1ccc(S(=O)(=O)c2ccc(C3c4ccc(C(C)(C)C)cc4-c4cc(C(C)(C)C)ccc43)cc2)cc1.CC1(C)CCC(C)(C)c2ccccc21. The van der Waals surface area contributed by atoms with Gasteiger partial charge < -0.3 is 0 Å². The molecular weight excluding hydrogens is 881 g/mol. The molecule has 7 aromatic rings. The van der Waals surface area contributed by atoms with Crippen LogP contribution in [0, 0.1) is 0 Å². The predicted octanol–water partition coefficient (Wildman–Crippen LogP) is 18.1. The summed E-state index contributed by atoms with van der Waals surface area (Å²) in [6.45, 7) is 36.6.